The van der Waals surface area contributed by atoms with Gasteiger partial charge in [-0.25, -0.2) is 0 Å². The summed E-state index contributed by atoms with van der Waals surface area (Å²) in [4.78, 5) is 4.42. The molecule has 0 bridgehead atoms. The molecule has 2 nitrogen and oxygen atoms in total. The third-order valence-electron chi connectivity index (χ3n) is 3.11. The van der Waals surface area contributed by atoms with Gasteiger partial charge in [-0.1, -0.05) is 29.3 Å². The highest BCUT2D eigenvalue weighted by Gasteiger charge is 2.15. The van der Waals surface area contributed by atoms with E-state index in [0.717, 1.165) is 11.3 Å². The van der Waals surface area contributed by atoms with Crippen LogP contribution >= 0.6 is 23.2 Å². The SMILES string of the molecule is CNC(Cc1c(Cl)cccc1Cl)c1cc(C)ccn1. The second-order valence-electron chi connectivity index (χ2n) is 4.50. The Balaban J connectivity index is 2.29. The van der Waals surface area contributed by atoms with Gasteiger partial charge < -0.3 is 5.32 Å². The molecule has 0 aliphatic rings. The molecule has 1 heterocycles. The first-order valence-electron chi connectivity index (χ1n) is 6.14. The van der Waals surface area contributed by atoms with E-state index in [1.807, 2.05) is 37.5 Å². The van der Waals surface area contributed by atoms with E-state index in [1.54, 1.807) is 0 Å². The fourth-order valence-electron chi connectivity index (χ4n) is 2.04. The highest BCUT2D eigenvalue weighted by molar-refractivity contribution is 6.36. The molecule has 1 aromatic heterocycles. The quantitative estimate of drug-likeness (QED) is 0.914. The predicted octanol–water partition coefficient (Wildman–Crippen LogP) is 4.20. The molecular formula is C15H16Cl2N2. The van der Waals surface area contributed by atoms with E-state index < -0.39 is 0 Å². The topological polar surface area (TPSA) is 24.9 Å². The van der Waals surface area contributed by atoms with E-state index in [0.29, 0.717) is 16.5 Å². The first-order valence-corrected chi connectivity index (χ1v) is 6.90. The Hall–Kier alpha value is -1.09. The molecule has 0 saturated heterocycles. The number of nitrogens with one attached hydrogen (secondary N) is 1. The van der Waals surface area contributed by atoms with Gasteiger partial charge in [-0.2, -0.15) is 0 Å². The maximum Gasteiger partial charge on any atom is 0.0579 e. The molecule has 0 fully saturated rings. The monoisotopic (exact) mass is 294 g/mol. The molecule has 1 N–H and O–H groups in total. The van der Waals surface area contributed by atoms with E-state index in [9.17, 15) is 0 Å². The minimum absolute atomic E-state index is 0.0947. The third kappa shape index (κ3) is 3.47. The van der Waals surface area contributed by atoms with Crippen LogP contribution in [0.25, 0.3) is 0 Å². The average molecular weight is 295 g/mol. The van der Waals surface area contributed by atoms with Gasteiger partial charge in [-0.3, -0.25) is 4.98 Å². The fourth-order valence-corrected chi connectivity index (χ4v) is 2.59. The van der Waals surface area contributed by atoms with Crippen LogP contribution in [0, 0.1) is 6.92 Å². The number of pyridine rings is 1. The van der Waals surface area contributed by atoms with Crippen molar-refractivity contribution in [1.82, 2.24) is 10.3 Å². The van der Waals surface area contributed by atoms with Crippen LogP contribution in [0.3, 0.4) is 0 Å². The number of hydrogen-bond donors (Lipinski definition) is 1. The molecule has 0 saturated carbocycles. The molecular weight excluding hydrogens is 279 g/mol. The van der Waals surface area contributed by atoms with Crippen LogP contribution in [0.5, 0.6) is 0 Å². The average Bonchev–Trinajstić information content (AvgIpc) is 2.38. The lowest BCUT2D eigenvalue weighted by Crippen LogP contribution is -2.20. The zero-order valence-corrected chi connectivity index (χ0v) is 12.5. The second-order valence-corrected chi connectivity index (χ2v) is 5.32. The summed E-state index contributed by atoms with van der Waals surface area (Å²) in [7, 11) is 1.92. The van der Waals surface area contributed by atoms with Gasteiger partial charge in [-0.15, -0.1) is 0 Å². The summed E-state index contributed by atoms with van der Waals surface area (Å²) >= 11 is 12.4. The normalized spacial score (nSPS) is 12.4. The van der Waals surface area contributed by atoms with Crippen LogP contribution in [0.1, 0.15) is 22.9 Å². The summed E-state index contributed by atoms with van der Waals surface area (Å²) in [5.74, 6) is 0. The fraction of sp³-hybridized carbons (Fsp3) is 0.267. The minimum Gasteiger partial charge on any atom is -0.311 e. The number of likely N-dealkylation sites (N-methyl/N-ethyl adjacent to an activating group) is 1. The first-order chi connectivity index (χ1) is 9.11. The minimum atomic E-state index is 0.0947. The van der Waals surface area contributed by atoms with Gasteiger partial charge in [0.05, 0.1) is 11.7 Å². The van der Waals surface area contributed by atoms with Gasteiger partial charge in [0, 0.05) is 16.2 Å². The van der Waals surface area contributed by atoms with Crippen molar-refractivity contribution in [2.45, 2.75) is 19.4 Å². The van der Waals surface area contributed by atoms with Crippen LogP contribution in [0.15, 0.2) is 36.5 Å². The first kappa shape index (κ1) is 14.3. The van der Waals surface area contributed by atoms with Crippen molar-refractivity contribution >= 4 is 23.2 Å². The largest absolute Gasteiger partial charge is 0.311 e. The molecule has 0 aliphatic heterocycles. The number of nitrogens with zero attached hydrogens (tertiary/aromatic N) is 1. The third-order valence-corrected chi connectivity index (χ3v) is 3.82. The van der Waals surface area contributed by atoms with Crippen molar-refractivity contribution in [2.24, 2.45) is 0 Å². The molecule has 0 aliphatic carbocycles. The summed E-state index contributed by atoms with van der Waals surface area (Å²) in [5, 5.41) is 4.66. The van der Waals surface area contributed by atoms with E-state index >= 15 is 0 Å². The number of rotatable bonds is 4. The molecule has 0 amide bonds. The van der Waals surface area contributed by atoms with Crippen LogP contribution in [0.4, 0.5) is 0 Å². The van der Waals surface area contributed by atoms with E-state index in [1.165, 1.54) is 5.56 Å². The van der Waals surface area contributed by atoms with E-state index in [-0.39, 0.29) is 6.04 Å². The van der Waals surface area contributed by atoms with Gasteiger partial charge in [0.15, 0.2) is 0 Å². The van der Waals surface area contributed by atoms with E-state index in [4.69, 9.17) is 23.2 Å². The zero-order chi connectivity index (χ0) is 13.8. The molecule has 1 atom stereocenters. The number of aryl methyl sites for hydroxylation is 1. The van der Waals surface area contributed by atoms with Gasteiger partial charge in [0.2, 0.25) is 0 Å². The summed E-state index contributed by atoms with van der Waals surface area (Å²) in [6.07, 6.45) is 2.54. The number of hydrogen-bond acceptors (Lipinski definition) is 2. The van der Waals surface area contributed by atoms with Crippen molar-refractivity contribution in [2.75, 3.05) is 7.05 Å². The highest BCUT2D eigenvalue weighted by Crippen LogP contribution is 2.28. The smallest absolute Gasteiger partial charge is 0.0579 e. The van der Waals surface area contributed by atoms with Gasteiger partial charge >= 0.3 is 0 Å². The summed E-state index contributed by atoms with van der Waals surface area (Å²) in [6, 6.07) is 9.73. The Morgan fingerprint density at radius 1 is 1.21 bits per heavy atom. The molecule has 100 valence electrons. The summed E-state index contributed by atoms with van der Waals surface area (Å²) in [5.41, 5.74) is 3.14. The summed E-state index contributed by atoms with van der Waals surface area (Å²) < 4.78 is 0. The zero-order valence-electron chi connectivity index (χ0n) is 11.0. The van der Waals surface area contributed by atoms with Crippen LogP contribution in [0.2, 0.25) is 10.0 Å². The Morgan fingerprint density at radius 3 is 2.47 bits per heavy atom. The molecule has 1 unspecified atom stereocenters. The Kier molecular flexibility index (Phi) is 4.81. The molecule has 19 heavy (non-hydrogen) atoms. The lowest BCUT2D eigenvalue weighted by atomic mass is 10.0. The lowest BCUT2D eigenvalue weighted by molar-refractivity contribution is 0.575. The molecule has 0 spiro atoms. The number of aromatic nitrogens is 1. The Labute approximate surface area is 123 Å². The maximum atomic E-state index is 6.22. The maximum absolute atomic E-state index is 6.22. The molecule has 2 rings (SSSR count). The van der Waals surface area contributed by atoms with Crippen LogP contribution in [-0.2, 0) is 6.42 Å². The van der Waals surface area contributed by atoms with Gasteiger partial charge in [-0.05, 0) is 55.8 Å². The van der Waals surface area contributed by atoms with Gasteiger partial charge in [0.25, 0.3) is 0 Å². The predicted molar refractivity (Wildman–Crippen MR) is 80.9 cm³/mol. The second kappa shape index (κ2) is 6.38. The highest BCUT2D eigenvalue weighted by atomic mass is 35.5. The molecule has 4 heteroatoms. The molecule has 2 aromatic rings. The molecule has 1 aromatic carbocycles. The molecule has 0 radical (unpaired) electrons. The lowest BCUT2D eigenvalue weighted by Gasteiger charge is -2.17. The summed E-state index contributed by atoms with van der Waals surface area (Å²) in [6.45, 7) is 2.06. The number of halogens is 2. The van der Waals surface area contributed by atoms with Crippen LogP contribution < -0.4 is 5.32 Å². The standard InChI is InChI=1S/C15H16Cl2N2/c1-10-6-7-19-15(8-10)14(18-2)9-11-12(16)4-3-5-13(11)17/h3-8,14,18H,9H2,1-2H3. The number of benzene rings is 1. The van der Waals surface area contributed by atoms with Crippen molar-refractivity contribution in [1.29, 1.82) is 0 Å². The van der Waals surface area contributed by atoms with Crippen molar-refractivity contribution in [3.63, 3.8) is 0 Å². The van der Waals surface area contributed by atoms with E-state index in [2.05, 4.69) is 23.3 Å². The van der Waals surface area contributed by atoms with Crippen molar-refractivity contribution in [3.05, 3.63) is 63.4 Å². The Morgan fingerprint density at radius 2 is 1.89 bits per heavy atom. The van der Waals surface area contributed by atoms with Crippen LogP contribution in [-0.4, -0.2) is 12.0 Å². The van der Waals surface area contributed by atoms with Gasteiger partial charge in [0.1, 0.15) is 0 Å². The van der Waals surface area contributed by atoms with Crippen molar-refractivity contribution < 1.29 is 0 Å². The van der Waals surface area contributed by atoms with Crippen molar-refractivity contribution in [3.8, 4) is 0 Å². The Bertz CT molecular complexity index is 550.